The summed E-state index contributed by atoms with van der Waals surface area (Å²) in [5.41, 5.74) is 1.34. The Kier molecular flexibility index (Phi) is 5.40. The highest BCUT2D eigenvalue weighted by Crippen LogP contribution is 2.20. The van der Waals surface area contributed by atoms with E-state index in [0.717, 1.165) is 6.04 Å². The Morgan fingerprint density at radius 2 is 1.88 bits per heavy atom. The molecular weight excluding hydrogens is 226 g/mol. The van der Waals surface area contributed by atoms with Crippen LogP contribution in [0.5, 0.6) is 0 Å². The van der Waals surface area contributed by atoms with Crippen molar-refractivity contribution in [3.8, 4) is 0 Å². The van der Waals surface area contributed by atoms with Crippen LogP contribution in [0.15, 0.2) is 29.2 Å². The summed E-state index contributed by atoms with van der Waals surface area (Å²) in [5, 5.41) is 3.66. The van der Waals surface area contributed by atoms with Gasteiger partial charge in [-0.25, -0.2) is 0 Å². The summed E-state index contributed by atoms with van der Waals surface area (Å²) in [6, 6.07) is 9.66. The van der Waals surface area contributed by atoms with Gasteiger partial charge in [0.1, 0.15) is 0 Å². The Morgan fingerprint density at radius 1 is 1.18 bits per heavy atom. The van der Waals surface area contributed by atoms with Crippen LogP contribution in [0.25, 0.3) is 0 Å². The predicted molar refractivity (Wildman–Crippen MR) is 76.8 cm³/mol. The number of rotatable bonds is 6. The molecule has 0 bridgehead atoms. The highest BCUT2D eigenvalue weighted by molar-refractivity contribution is 7.99. The molecule has 1 nitrogen and oxygen atoms in total. The summed E-state index contributed by atoms with van der Waals surface area (Å²) in [5.74, 6) is 1.22. The van der Waals surface area contributed by atoms with E-state index in [0.29, 0.717) is 0 Å². The second kappa shape index (κ2) is 7.07. The predicted octanol–water partition coefficient (Wildman–Crippen LogP) is 4.01. The number of hydrogen-bond donors (Lipinski definition) is 1. The lowest BCUT2D eigenvalue weighted by Gasteiger charge is -2.11. The van der Waals surface area contributed by atoms with Crippen LogP contribution in [0.2, 0.25) is 0 Å². The van der Waals surface area contributed by atoms with Gasteiger partial charge >= 0.3 is 0 Å². The number of nitrogens with one attached hydrogen (secondary N) is 1. The standard InChI is InChI=1S/C15H23NS/c1-13-7-9-15(10-8-13)17-12-4-11-16-14-5-2-3-6-14/h7-10,14,16H,2-6,11-12H2,1H3. The fraction of sp³-hybridized carbons (Fsp3) is 0.600. The van der Waals surface area contributed by atoms with Gasteiger partial charge in [0.25, 0.3) is 0 Å². The van der Waals surface area contributed by atoms with E-state index in [9.17, 15) is 0 Å². The molecule has 1 fully saturated rings. The third-order valence-corrected chi connectivity index (χ3v) is 4.50. The summed E-state index contributed by atoms with van der Waals surface area (Å²) in [6.07, 6.45) is 6.91. The van der Waals surface area contributed by atoms with Gasteiger partial charge in [-0.15, -0.1) is 11.8 Å². The molecule has 2 heteroatoms. The number of hydrogen-bond acceptors (Lipinski definition) is 2. The highest BCUT2D eigenvalue weighted by Gasteiger charge is 2.12. The van der Waals surface area contributed by atoms with Gasteiger partial charge < -0.3 is 5.32 Å². The van der Waals surface area contributed by atoms with E-state index in [-0.39, 0.29) is 0 Å². The van der Waals surface area contributed by atoms with Gasteiger partial charge in [-0.2, -0.15) is 0 Å². The minimum absolute atomic E-state index is 0.819. The second-order valence-corrected chi connectivity index (χ2v) is 6.12. The average molecular weight is 249 g/mol. The Bertz CT molecular complexity index is 314. The smallest absolute Gasteiger partial charge is 0.00721 e. The fourth-order valence-electron chi connectivity index (χ4n) is 2.33. The molecule has 0 aliphatic heterocycles. The maximum Gasteiger partial charge on any atom is 0.00721 e. The minimum Gasteiger partial charge on any atom is -0.314 e. The monoisotopic (exact) mass is 249 g/mol. The first-order valence-electron chi connectivity index (χ1n) is 6.77. The summed E-state index contributed by atoms with van der Waals surface area (Å²) < 4.78 is 0. The Balaban J connectivity index is 1.55. The van der Waals surface area contributed by atoms with Crippen LogP contribution in [0.3, 0.4) is 0 Å². The zero-order valence-corrected chi connectivity index (χ0v) is 11.6. The van der Waals surface area contributed by atoms with Crippen molar-refractivity contribution in [1.29, 1.82) is 0 Å². The molecule has 0 atom stereocenters. The molecule has 1 aliphatic rings. The van der Waals surface area contributed by atoms with Crippen molar-refractivity contribution in [3.63, 3.8) is 0 Å². The van der Waals surface area contributed by atoms with Gasteiger partial charge in [0, 0.05) is 10.9 Å². The molecule has 0 amide bonds. The molecule has 0 unspecified atom stereocenters. The molecule has 1 N–H and O–H groups in total. The van der Waals surface area contributed by atoms with Crippen LogP contribution in [0, 0.1) is 6.92 Å². The van der Waals surface area contributed by atoms with Crippen LogP contribution >= 0.6 is 11.8 Å². The van der Waals surface area contributed by atoms with E-state index >= 15 is 0 Å². The van der Waals surface area contributed by atoms with Crippen LogP contribution in [-0.4, -0.2) is 18.3 Å². The molecule has 94 valence electrons. The van der Waals surface area contributed by atoms with Crippen LogP contribution in [-0.2, 0) is 0 Å². The second-order valence-electron chi connectivity index (χ2n) is 4.95. The fourth-order valence-corrected chi connectivity index (χ4v) is 3.19. The molecule has 1 aliphatic carbocycles. The molecule has 1 aromatic rings. The maximum absolute atomic E-state index is 3.66. The zero-order chi connectivity index (χ0) is 11.9. The minimum atomic E-state index is 0.819. The Morgan fingerprint density at radius 3 is 2.59 bits per heavy atom. The largest absolute Gasteiger partial charge is 0.314 e. The van der Waals surface area contributed by atoms with E-state index in [1.165, 1.54) is 54.9 Å². The van der Waals surface area contributed by atoms with Crippen molar-refractivity contribution >= 4 is 11.8 Å². The van der Waals surface area contributed by atoms with E-state index in [1.807, 2.05) is 11.8 Å². The maximum atomic E-state index is 3.66. The molecule has 1 aromatic carbocycles. The third-order valence-electron chi connectivity index (χ3n) is 3.40. The molecule has 0 radical (unpaired) electrons. The van der Waals surface area contributed by atoms with Crippen molar-refractivity contribution < 1.29 is 0 Å². The molecule has 0 saturated heterocycles. The van der Waals surface area contributed by atoms with Gasteiger partial charge in [-0.1, -0.05) is 30.5 Å². The lowest BCUT2D eigenvalue weighted by molar-refractivity contribution is 0.525. The first kappa shape index (κ1) is 13.0. The van der Waals surface area contributed by atoms with E-state index < -0.39 is 0 Å². The lowest BCUT2D eigenvalue weighted by atomic mass is 10.2. The molecule has 0 aromatic heterocycles. The SMILES string of the molecule is Cc1ccc(SCCCNC2CCCC2)cc1. The van der Waals surface area contributed by atoms with Gasteiger partial charge in [0.05, 0.1) is 0 Å². The number of thioether (sulfide) groups is 1. The lowest BCUT2D eigenvalue weighted by Crippen LogP contribution is -2.27. The van der Waals surface area contributed by atoms with Gasteiger partial charge in [0.15, 0.2) is 0 Å². The summed E-state index contributed by atoms with van der Waals surface area (Å²) in [4.78, 5) is 1.40. The van der Waals surface area contributed by atoms with E-state index in [2.05, 4.69) is 36.5 Å². The average Bonchev–Trinajstić information content (AvgIpc) is 2.84. The number of benzene rings is 1. The molecule has 1 saturated carbocycles. The van der Waals surface area contributed by atoms with Crippen molar-refractivity contribution in [2.75, 3.05) is 12.3 Å². The molecule has 0 heterocycles. The molecular formula is C15H23NS. The summed E-state index contributed by atoms with van der Waals surface area (Å²) >= 11 is 1.97. The normalized spacial score (nSPS) is 16.5. The molecule has 17 heavy (non-hydrogen) atoms. The van der Waals surface area contributed by atoms with Crippen molar-refractivity contribution in [3.05, 3.63) is 29.8 Å². The van der Waals surface area contributed by atoms with Gasteiger partial charge in [-0.05, 0) is 50.6 Å². The zero-order valence-electron chi connectivity index (χ0n) is 10.7. The quantitative estimate of drug-likeness (QED) is 0.604. The molecule has 2 rings (SSSR count). The molecule has 0 spiro atoms. The first-order valence-corrected chi connectivity index (χ1v) is 7.76. The van der Waals surface area contributed by atoms with Crippen LogP contribution in [0.1, 0.15) is 37.7 Å². The highest BCUT2D eigenvalue weighted by atomic mass is 32.2. The van der Waals surface area contributed by atoms with E-state index in [1.54, 1.807) is 0 Å². The number of aryl methyl sites for hydroxylation is 1. The van der Waals surface area contributed by atoms with E-state index in [4.69, 9.17) is 0 Å². The summed E-state index contributed by atoms with van der Waals surface area (Å²) in [6.45, 7) is 3.32. The van der Waals surface area contributed by atoms with Crippen molar-refractivity contribution in [1.82, 2.24) is 5.32 Å². The Hall–Kier alpha value is -0.470. The Labute approximate surface area is 109 Å². The summed E-state index contributed by atoms with van der Waals surface area (Å²) in [7, 11) is 0. The van der Waals surface area contributed by atoms with Crippen LogP contribution in [0.4, 0.5) is 0 Å². The van der Waals surface area contributed by atoms with Crippen LogP contribution < -0.4 is 5.32 Å². The third kappa shape index (κ3) is 4.72. The van der Waals surface area contributed by atoms with Crippen molar-refractivity contribution in [2.24, 2.45) is 0 Å². The van der Waals surface area contributed by atoms with Crippen molar-refractivity contribution in [2.45, 2.75) is 50.0 Å². The first-order chi connectivity index (χ1) is 8.34. The van der Waals surface area contributed by atoms with Gasteiger partial charge in [-0.3, -0.25) is 0 Å². The topological polar surface area (TPSA) is 12.0 Å². The van der Waals surface area contributed by atoms with Gasteiger partial charge in [0.2, 0.25) is 0 Å².